The molecule has 2 heterocycles. The van der Waals surface area contributed by atoms with Crippen molar-refractivity contribution in [2.24, 2.45) is 0 Å². The Labute approximate surface area is 142 Å². The summed E-state index contributed by atoms with van der Waals surface area (Å²) in [6.07, 6.45) is 1.49. The monoisotopic (exact) mass is 344 g/mol. The molecule has 0 saturated carbocycles. The fourth-order valence-corrected chi connectivity index (χ4v) is 3.60. The van der Waals surface area contributed by atoms with Crippen molar-refractivity contribution in [1.29, 1.82) is 0 Å². The molecule has 2 aromatic heterocycles. The van der Waals surface area contributed by atoms with Crippen LogP contribution >= 0.6 is 23.1 Å². The van der Waals surface area contributed by atoms with Crippen LogP contribution in [0.15, 0.2) is 47.2 Å². The van der Waals surface area contributed by atoms with Gasteiger partial charge in [-0.2, -0.15) is 5.10 Å². The molecule has 0 spiro atoms. The van der Waals surface area contributed by atoms with Gasteiger partial charge in [0.2, 0.25) is 0 Å². The summed E-state index contributed by atoms with van der Waals surface area (Å²) >= 11 is 3.24. The second-order valence-corrected chi connectivity index (χ2v) is 6.95. The smallest absolute Gasteiger partial charge is 0.251 e. The Hall–Kier alpha value is -2.12. The van der Waals surface area contributed by atoms with Crippen molar-refractivity contribution in [2.75, 3.05) is 0 Å². The van der Waals surface area contributed by atoms with Crippen LogP contribution in [0.4, 0.5) is 0 Å². The summed E-state index contributed by atoms with van der Waals surface area (Å²) < 4.78 is 0. The number of benzene rings is 1. The van der Waals surface area contributed by atoms with Crippen LogP contribution in [0.2, 0.25) is 0 Å². The lowest BCUT2D eigenvalue weighted by molar-refractivity contribution is 0.0951. The number of aromatic amines is 1. The fraction of sp³-hybridized carbons (Fsp3) is 0.188. The van der Waals surface area contributed by atoms with Gasteiger partial charge < -0.3 is 5.32 Å². The van der Waals surface area contributed by atoms with E-state index in [1.54, 1.807) is 23.1 Å². The Bertz CT molecular complexity index is 766. The quantitative estimate of drug-likeness (QED) is 0.672. The molecule has 7 heteroatoms. The van der Waals surface area contributed by atoms with Crippen LogP contribution < -0.4 is 5.32 Å². The van der Waals surface area contributed by atoms with E-state index in [1.807, 2.05) is 29.6 Å². The third-order valence-electron chi connectivity index (χ3n) is 3.36. The Morgan fingerprint density at radius 2 is 2.13 bits per heavy atom. The van der Waals surface area contributed by atoms with Gasteiger partial charge in [-0.1, -0.05) is 23.9 Å². The molecule has 1 aromatic carbocycles. The van der Waals surface area contributed by atoms with Gasteiger partial charge in [-0.25, -0.2) is 4.98 Å². The van der Waals surface area contributed by atoms with Gasteiger partial charge in [0.05, 0.1) is 6.54 Å². The zero-order chi connectivity index (χ0) is 16.1. The molecular formula is C16H16N4OS2. The number of aromatic nitrogens is 3. The summed E-state index contributed by atoms with van der Waals surface area (Å²) in [5, 5.41) is 12.4. The van der Waals surface area contributed by atoms with E-state index in [1.165, 1.54) is 16.8 Å². The van der Waals surface area contributed by atoms with E-state index in [-0.39, 0.29) is 5.91 Å². The first-order chi connectivity index (χ1) is 11.2. The molecule has 0 aliphatic heterocycles. The lowest BCUT2D eigenvalue weighted by Gasteiger charge is -2.06. The van der Waals surface area contributed by atoms with Crippen LogP contribution in [0.3, 0.4) is 0 Å². The first kappa shape index (κ1) is 15.8. The summed E-state index contributed by atoms with van der Waals surface area (Å²) in [7, 11) is 0. The summed E-state index contributed by atoms with van der Waals surface area (Å²) in [5.41, 5.74) is 3.03. The number of carbonyl (C=O) groups is 1. The van der Waals surface area contributed by atoms with Crippen molar-refractivity contribution in [3.05, 3.63) is 63.6 Å². The number of H-pyrrole nitrogens is 1. The van der Waals surface area contributed by atoms with Gasteiger partial charge in [-0.05, 0) is 41.6 Å². The highest BCUT2D eigenvalue weighted by Gasteiger charge is 2.07. The van der Waals surface area contributed by atoms with Gasteiger partial charge in [-0.3, -0.25) is 9.89 Å². The highest BCUT2D eigenvalue weighted by atomic mass is 32.2. The molecule has 0 aliphatic carbocycles. The number of nitrogens with zero attached hydrogens (tertiary/aromatic N) is 2. The van der Waals surface area contributed by atoms with E-state index in [9.17, 15) is 4.79 Å². The Balaban J connectivity index is 1.53. The van der Waals surface area contributed by atoms with Gasteiger partial charge in [0.25, 0.3) is 5.91 Å². The average molecular weight is 344 g/mol. The van der Waals surface area contributed by atoms with Crippen molar-refractivity contribution in [2.45, 2.75) is 24.4 Å². The predicted molar refractivity (Wildman–Crippen MR) is 92.6 cm³/mol. The zero-order valence-corrected chi connectivity index (χ0v) is 14.2. The number of nitrogens with one attached hydrogen (secondary N) is 2. The van der Waals surface area contributed by atoms with Crippen molar-refractivity contribution >= 4 is 29.0 Å². The molecule has 1 amide bonds. The van der Waals surface area contributed by atoms with E-state index in [0.29, 0.717) is 12.1 Å². The fourth-order valence-electron chi connectivity index (χ4n) is 2.02. The molecule has 0 bridgehead atoms. The first-order valence-corrected chi connectivity index (χ1v) is 8.97. The minimum absolute atomic E-state index is 0.0489. The number of thiophene rings is 1. The van der Waals surface area contributed by atoms with Gasteiger partial charge in [0, 0.05) is 16.2 Å². The van der Waals surface area contributed by atoms with E-state index in [0.717, 1.165) is 16.5 Å². The lowest BCUT2D eigenvalue weighted by atomic mass is 10.1. The average Bonchev–Trinajstić information content (AvgIpc) is 3.23. The molecule has 23 heavy (non-hydrogen) atoms. The number of hydrogen-bond donors (Lipinski definition) is 2. The highest BCUT2D eigenvalue weighted by molar-refractivity contribution is 7.98. The van der Waals surface area contributed by atoms with Crippen LogP contribution in [0, 0.1) is 6.92 Å². The first-order valence-electron chi connectivity index (χ1n) is 7.10. The summed E-state index contributed by atoms with van der Waals surface area (Å²) in [4.78, 5) is 17.4. The highest BCUT2D eigenvalue weighted by Crippen LogP contribution is 2.19. The number of rotatable bonds is 6. The zero-order valence-electron chi connectivity index (χ0n) is 12.6. The Morgan fingerprint density at radius 1 is 1.30 bits per heavy atom. The van der Waals surface area contributed by atoms with Gasteiger partial charge in [0.1, 0.15) is 6.33 Å². The van der Waals surface area contributed by atoms with Gasteiger partial charge >= 0.3 is 0 Å². The van der Waals surface area contributed by atoms with Gasteiger partial charge in [-0.15, -0.1) is 11.3 Å². The van der Waals surface area contributed by atoms with Crippen LogP contribution in [0.25, 0.3) is 0 Å². The topological polar surface area (TPSA) is 70.7 Å². The maximum Gasteiger partial charge on any atom is 0.251 e. The van der Waals surface area contributed by atoms with E-state index < -0.39 is 0 Å². The van der Waals surface area contributed by atoms with Crippen LogP contribution in [-0.4, -0.2) is 21.1 Å². The Kier molecular flexibility index (Phi) is 5.09. The summed E-state index contributed by atoms with van der Waals surface area (Å²) in [6, 6.07) is 9.70. The van der Waals surface area contributed by atoms with Crippen LogP contribution in [0.1, 0.15) is 26.4 Å². The second kappa shape index (κ2) is 7.43. The molecule has 118 valence electrons. The molecule has 2 N–H and O–H groups in total. The third-order valence-corrected chi connectivity index (χ3v) is 5.33. The molecule has 3 aromatic rings. The lowest BCUT2D eigenvalue weighted by Crippen LogP contribution is -2.22. The molecule has 5 nitrogen and oxygen atoms in total. The van der Waals surface area contributed by atoms with Crippen molar-refractivity contribution < 1.29 is 4.79 Å². The maximum absolute atomic E-state index is 12.2. The number of thioether (sulfide) groups is 1. The molecule has 0 unspecified atom stereocenters. The second-order valence-electron chi connectivity index (χ2n) is 4.99. The molecule has 0 aliphatic rings. The molecule has 0 fully saturated rings. The SMILES string of the molecule is Cc1ccsc1CNC(=O)c1ccc(CSc2ncn[nH]2)cc1. The minimum atomic E-state index is -0.0489. The van der Waals surface area contributed by atoms with E-state index in [2.05, 4.69) is 33.5 Å². The molecule has 0 saturated heterocycles. The molecule has 0 radical (unpaired) electrons. The number of aryl methyl sites for hydroxylation is 1. The number of carbonyl (C=O) groups excluding carboxylic acids is 1. The normalized spacial score (nSPS) is 10.7. The summed E-state index contributed by atoms with van der Waals surface area (Å²) in [5.74, 6) is 0.734. The Morgan fingerprint density at radius 3 is 2.78 bits per heavy atom. The predicted octanol–water partition coefficient (Wildman–Crippen LogP) is 3.40. The summed E-state index contributed by atoms with van der Waals surface area (Å²) in [6.45, 7) is 2.63. The van der Waals surface area contributed by atoms with Gasteiger partial charge in [0.15, 0.2) is 5.16 Å². The maximum atomic E-state index is 12.2. The largest absolute Gasteiger partial charge is 0.347 e. The molecular weight excluding hydrogens is 328 g/mol. The minimum Gasteiger partial charge on any atom is -0.347 e. The standard InChI is InChI=1S/C16H16N4OS2/c1-11-6-7-22-14(11)8-17-15(21)13-4-2-12(3-5-13)9-23-16-18-10-19-20-16/h2-7,10H,8-9H2,1H3,(H,17,21)(H,18,19,20). The molecule has 0 atom stereocenters. The van der Waals surface area contributed by atoms with Crippen LogP contribution in [0.5, 0.6) is 0 Å². The van der Waals surface area contributed by atoms with E-state index >= 15 is 0 Å². The molecule has 3 rings (SSSR count). The third kappa shape index (κ3) is 4.20. The number of amides is 1. The van der Waals surface area contributed by atoms with Crippen LogP contribution in [-0.2, 0) is 12.3 Å². The number of hydrogen-bond acceptors (Lipinski definition) is 5. The van der Waals surface area contributed by atoms with Crippen molar-refractivity contribution in [3.8, 4) is 0 Å². The van der Waals surface area contributed by atoms with E-state index in [4.69, 9.17) is 0 Å². The van der Waals surface area contributed by atoms with Crippen molar-refractivity contribution in [1.82, 2.24) is 20.5 Å². The van der Waals surface area contributed by atoms with Crippen molar-refractivity contribution in [3.63, 3.8) is 0 Å².